The monoisotopic (exact) mass is 221 g/mol. The Bertz CT molecular complexity index is 398. The zero-order valence-corrected chi connectivity index (χ0v) is 10.1. The molecule has 1 aromatic rings. The molecule has 0 spiro atoms. The third kappa shape index (κ3) is 3.10. The fraction of sp³-hybridized carbons (Fsp3) is 0.417. The number of carbonyl (C=O) groups is 1. The van der Waals surface area contributed by atoms with Crippen LogP contribution in [-0.4, -0.2) is 11.4 Å². The second kappa shape index (κ2) is 4.50. The van der Waals surface area contributed by atoms with Crippen molar-refractivity contribution in [1.82, 2.24) is 5.32 Å². The molecular weight excluding hydrogens is 206 g/mol. The Hall–Kier alpha value is -1.27. The summed E-state index contributed by atoms with van der Waals surface area (Å²) in [7, 11) is 0. The van der Waals surface area contributed by atoms with E-state index in [1.807, 2.05) is 12.1 Å². The van der Waals surface area contributed by atoms with Crippen LogP contribution in [0.25, 0.3) is 0 Å². The van der Waals surface area contributed by atoms with E-state index in [1.165, 1.54) is 16.2 Å². The summed E-state index contributed by atoms with van der Waals surface area (Å²) < 4.78 is 0. The molecule has 1 amide bonds. The zero-order chi connectivity index (χ0) is 11.5. The number of aryl methyl sites for hydroxylation is 1. The van der Waals surface area contributed by atoms with E-state index in [-0.39, 0.29) is 5.91 Å². The molecule has 0 atom stereocenters. The van der Waals surface area contributed by atoms with Gasteiger partial charge in [0.15, 0.2) is 0 Å². The van der Waals surface area contributed by atoms with Gasteiger partial charge in [0.2, 0.25) is 0 Å². The van der Waals surface area contributed by atoms with Gasteiger partial charge >= 0.3 is 0 Å². The molecule has 0 radical (unpaired) electrons. The molecule has 1 rings (SSSR count). The zero-order valence-electron chi connectivity index (χ0n) is 9.26. The maximum Gasteiger partial charge on any atom is 0.262 e. The summed E-state index contributed by atoms with van der Waals surface area (Å²) >= 11 is 1.51. The third-order valence-corrected chi connectivity index (χ3v) is 3.25. The summed E-state index contributed by atoms with van der Waals surface area (Å²) in [4.78, 5) is 13.7. The van der Waals surface area contributed by atoms with E-state index in [0.717, 1.165) is 11.3 Å². The van der Waals surface area contributed by atoms with Crippen molar-refractivity contribution in [2.75, 3.05) is 0 Å². The highest BCUT2D eigenvalue weighted by molar-refractivity contribution is 7.14. The molecule has 80 valence electrons. The van der Waals surface area contributed by atoms with Gasteiger partial charge in [-0.1, -0.05) is 12.8 Å². The summed E-state index contributed by atoms with van der Waals surface area (Å²) in [6, 6.07) is 3.81. The van der Waals surface area contributed by atoms with Crippen LogP contribution in [0.4, 0.5) is 0 Å². The van der Waals surface area contributed by atoms with Gasteiger partial charge in [-0.3, -0.25) is 4.79 Å². The first kappa shape index (κ1) is 11.8. The Morgan fingerprint density at radius 3 is 2.73 bits per heavy atom. The number of nitrogens with one attached hydrogen (secondary N) is 1. The van der Waals surface area contributed by atoms with Crippen LogP contribution < -0.4 is 5.32 Å². The van der Waals surface area contributed by atoms with E-state index in [2.05, 4.69) is 18.2 Å². The summed E-state index contributed by atoms with van der Waals surface area (Å²) in [5, 5.41) is 2.80. The minimum absolute atomic E-state index is 0.0948. The molecule has 0 saturated heterocycles. The lowest BCUT2D eigenvalue weighted by molar-refractivity contribution is 0.0934. The molecule has 0 unspecified atom stereocenters. The summed E-state index contributed by atoms with van der Waals surface area (Å²) in [5.74, 6) is 2.44. The smallest absolute Gasteiger partial charge is 0.262 e. The van der Waals surface area contributed by atoms with Gasteiger partial charge in [0.25, 0.3) is 5.91 Å². The third-order valence-electron chi connectivity index (χ3n) is 2.02. The number of hydrogen-bond acceptors (Lipinski definition) is 2. The molecule has 2 nitrogen and oxygen atoms in total. The van der Waals surface area contributed by atoms with Crippen molar-refractivity contribution in [3.63, 3.8) is 0 Å². The van der Waals surface area contributed by atoms with Crippen LogP contribution in [-0.2, 0) is 6.42 Å². The second-order valence-corrected chi connectivity index (χ2v) is 5.01. The Morgan fingerprint density at radius 2 is 2.27 bits per heavy atom. The molecule has 0 aliphatic rings. The van der Waals surface area contributed by atoms with Gasteiger partial charge in [0.05, 0.1) is 10.4 Å². The van der Waals surface area contributed by atoms with E-state index >= 15 is 0 Å². The van der Waals surface area contributed by atoms with E-state index in [0.29, 0.717) is 0 Å². The van der Waals surface area contributed by atoms with E-state index in [9.17, 15) is 4.79 Å². The standard InChI is InChI=1S/C12H15NOS/c1-5-9-7-8-10(15-9)11(14)13-12(3,4)6-2/h2,7-8H,5H2,1,3-4H3,(H,13,14). The molecule has 0 aliphatic carbocycles. The van der Waals surface area contributed by atoms with Gasteiger partial charge in [0, 0.05) is 4.88 Å². The van der Waals surface area contributed by atoms with Crippen molar-refractivity contribution in [3.05, 3.63) is 21.9 Å². The number of terminal acetylenes is 1. The van der Waals surface area contributed by atoms with E-state index in [1.54, 1.807) is 13.8 Å². The van der Waals surface area contributed by atoms with Gasteiger partial charge in [-0.2, -0.15) is 0 Å². The van der Waals surface area contributed by atoms with Crippen molar-refractivity contribution in [3.8, 4) is 12.3 Å². The maximum atomic E-state index is 11.8. The highest BCUT2D eigenvalue weighted by Crippen LogP contribution is 2.17. The van der Waals surface area contributed by atoms with E-state index < -0.39 is 5.54 Å². The lowest BCUT2D eigenvalue weighted by atomic mass is 10.1. The number of carbonyl (C=O) groups excluding carboxylic acids is 1. The molecule has 1 aromatic heterocycles. The van der Waals surface area contributed by atoms with Crippen LogP contribution >= 0.6 is 11.3 Å². The second-order valence-electron chi connectivity index (χ2n) is 3.84. The van der Waals surface area contributed by atoms with Crippen molar-refractivity contribution >= 4 is 17.2 Å². The minimum Gasteiger partial charge on any atom is -0.336 e. The van der Waals surface area contributed by atoms with Gasteiger partial charge in [-0.25, -0.2) is 0 Å². The summed E-state index contributed by atoms with van der Waals surface area (Å²) in [6.07, 6.45) is 6.26. The first-order valence-corrected chi connectivity index (χ1v) is 5.69. The molecule has 0 aliphatic heterocycles. The maximum absolute atomic E-state index is 11.8. The molecule has 3 heteroatoms. The number of rotatable bonds is 3. The van der Waals surface area contributed by atoms with Crippen LogP contribution in [0.1, 0.15) is 35.3 Å². The summed E-state index contributed by atoms with van der Waals surface area (Å²) in [6.45, 7) is 5.68. The fourth-order valence-electron chi connectivity index (χ4n) is 1.07. The quantitative estimate of drug-likeness (QED) is 0.780. The van der Waals surface area contributed by atoms with E-state index in [4.69, 9.17) is 6.42 Å². The SMILES string of the molecule is C#CC(C)(C)NC(=O)c1ccc(CC)s1. The Kier molecular flexibility index (Phi) is 3.54. The number of amides is 1. The number of thiophene rings is 1. The van der Waals surface area contributed by atoms with Crippen molar-refractivity contribution < 1.29 is 4.79 Å². The molecule has 0 fully saturated rings. The molecule has 0 bridgehead atoms. The van der Waals surface area contributed by atoms with Crippen LogP contribution in [0.3, 0.4) is 0 Å². The summed E-state index contributed by atoms with van der Waals surface area (Å²) in [5.41, 5.74) is -0.590. The van der Waals surface area contributed by atoms with Gasteiger partial charge in [0.1, 0.15) is 0 Å². The average molecular weight is 221 g/mol. The van der Waals surface area contributed by atoms with Gasteiger partial charge in [-0.05, 0) is 32.4 Å². The lowest BCUT2D eigenvalue weighted by Gasteiger charge is -2.18. The fourth-order valence-corrected chi connectivity index (χ4v) is 1.91. The Balaban J connectivity index is 2.74. The predicted octanol–water partition coefficient (Wildman–Crippen LogP) is 2.45. The first-order valence-electron chi connectivity index (χ1n) is 4.87. The van der Waals surface area contributed by atoms with Gasteiger partial charge in [-0.15, -0.1) is 17.8 Å². The highest BCUT2D eigenvalue weighted by Gasteiger charge is 2.18. The molecule has 1 N–H and O–H groups in total. The number of hydrogen-bond donors (Lipinski definition) is 1. The Labute approximate surface area is 94.7 Å². The molecule has 0 aromatic carbocycles. The van der Waals surface area contributed by atoms with Crippen molar-refractivity contribution in [2.45, 2.75) is 32.7 Å². The minimum atomic E-state index is -0.590. The molecular formula is C12H15NOS. The van der Waals surface area contributed by atoms with Crippen molar-refractivity contribution in [1.29, 1.82) is 0 Å². The topological polar surface area (TPSA) is 29.1 Å². The Morgan fingerprint density at radius 1 is 1.60 bits per heavy atom. The van der Waals surface area contributed by atoms with Crippen molar-refractivity contribution in [2.24, 2.45) is 0 Å². The van der Waals surface area contributed by atoms with Gasteiger partial charge < -0.3 is 5.32 Å². The lowest BCUT2D eigenvalue weighted by Crippen LogP contribution is -2.41. The predicted molar refractivity (Wildman–Crippen MR) is 64.1 cm³/mol. The van der Waals surface area contributed by atoms with Crippen LogP contribution in [0.5, 0.6) is 0 Å². The molecule has 15 heavy (non-hydrogen) atoms. The molecule has 0 saturated carbocycles. The highest BCUT2D eigenvalue weighted by atomic mass is 32.1. The normalized spacial score (nSPS) is 10.8. The first-order chi connectivity index (χ1) is 6.98. The van der Waals surface area contributed by atoms with Crippen LogP contribution in [0.2, 0.25) is 0 Å². The largest absolute Gasteiger partial charge is 0.336 e. The van der Waals surface area contributed by atoms with Crippen LogP contribution in [0.15, 0.2) is 12.1 Å². The average Bonchev–Trinajstić information content (AvgIpc) is 2.65. The van der Waals surface area contributed by atoms with Crippen LogP contribution in [0, 0.1) is 12.3 Å². The molecule has 1 heterocycles.